The van der Waals surface area contributed by atoms with E-state index in [2.05, 4.69) is 24.4 Å². The third kappa shape index (κ3) is 3.39. The maximum absolute atomic E-state index is 12.1. The predicted octanol–water partition coefficient (Wildman–Crippen LogP) is 3.23. The first-order valence-electron chi connectivity index (χ1n) is 7.42. The lowest BCUT2D eigenvalue weighted by Gasteiger charge is -2.12. The van der Waals surface area contributed by atoms with Gasteiger partial charge in [-0.2, -0.15) is 0 Å². The van der Waals surface area contributed by atoms with Crippen molar-refractivity contribution in [3.8, 4) is 11.5 Å². The van der Waals surface area contributed by atoms with Crippen LogP contribution in [0.5, 0.6) is 11.5 Å². The van der Waals surface area contributed by atoms with E-state index in [9.17, 15) is 4.79 Å². The van der Waals surface area contributed by atoms with Gasteiger partial charge in [0.05, 0.1) is 0 Å². The molecule has 1 heterocycles. The van der Waals surface area contributed by atoms with Crippen molar-refractivity contribution in [1.29, 1.82) is 0 Å². The monoisotopic (exact) mass is 297 g/mol. The van der Waals surface area contributed by atoms with Gasteiger partial charge in [0.25, 0.3) is 0 Å². The van der Waals surface area contributed by atoms with E-state index < -0.39 is 0 Å². The molecular formula is C18H19NO3. The Morgan fingerprint density at radius 2 is 1.91 bits per heavy atom. The molecule has 1 atom stereocenters. The Labute approximate surface area is 130 Å². The summed E-state index contributed by atoms with van der Waals surface area (Å²) in [5, 5.41) is 2.96. The molecule has 1 aliphatic heterocycles. The molecule has 114 valence electrons. The maximum atomic E-state index is 12.1. The molecule has 0 unspecified atom stereocenters. The van der Waals surface area contributed by atoms with Gasteiger partial charge < -0.3 is 14.8 Å². The molecule has 0 saturated heterocycles. The molecule has 0 fully saturated rings. The SMILES string of the molecule is C[C@H](CC(=O)NCc1ccc2c(c1)OCO2)c1ccccc1. The average Bonchev–Trinajstić information content (AvgIpc) is 3.01. The predicted molar refractivity (Wildman–Crippen MR) is 83.9 cm³/mol. The highest BCUT2D eigenvalue weighted by atomic mass is 16.7. The van der Waals surface area contributed by atoms with Crippen LogP contribution in [-0.4, -0.2) is 12.7 Å². The Morgan fingerprint density at radius 3 is 2.73 bits per heavy atom. The lowest BCUT2D eigenvalue weighted by molar-refractivity contribution is -0.121. The fourth-order valence-electron chi connectivity index (χ4n) is 2.50. The lowest BCUT2D eigenvalue weighted by atomic mass is 9.97. The van der Waals surface area contributed by atoms with Crippen molar-refractivity contribution in [2.75, 3.05) is 6.79 Å². The van der Waals surface area contributed by atoms with Crippen LogP contribution in [0, 0.1) is 0 Å². The number of amides is 1. The van der Waals surface area contributed by atoms with Crippen LogP contribution in [0.25, 0.3) is 0 Å². The number of rotatable bonds is 5. The van der Waals surface area contributed by atoms with E-state index in [1.807, 2.05) is 36.4 Å². The molecule has 3 rings (SSSR count). The summed E-state index contributed by atoms with van der Waals surface area (Å²) in [5.41, 5.74) is 2.19. The van der Waals surface area contributed by atoms with E-state index in [1.165, 1.54) is 5.56 Å². The Balaban J connectivity index is 1.52. The molecule has 1 aliphatic rings. The number of ether oxygens (including phenoxy) is 2. The van der Waals surface area contributed by atoms with Crippen molar-refractivity contribution in [2.24, 2.45) is 0 Å². The highest BCUT2D eigenvalue weighted by molar-refractivity contribution is 5.76. The summed E-state index contributed by atoms with van der Waals surface area (Å²) in [4.78, 5) is 12.1. The van der Waals surface area contributed by atoms with E-state index >= 15 is 0 Å². The molecule has 0 bridgehead atoms. The molecule has 22 heavy (non-hydrogen) atoms. The number of benzene rings is 2. The van der Waals surface area contributed by atoms with E-state index in [1.54, 1.807) is 0 Å². The zero-order valence-corrected chi connectivity index (χ0v) is 12.5. The van der Waals surface area contributed by atoms with Crippen molar-refractivity contribution in [3.63, 3.8) is 0 Å². The van der Waals surface area contributed by atoms with Crippen molar-refractivity contribution in [2.45, 2.75) is 25.8 Å². The Hall–Kier alpha value is -2.49. The van der Waals surface area contributed by atoms with E-state index in [0.29, 0.717) is 13.0 Å². The van der Waals surface area contributed by atoms with Crippen LogP contribution in [0.15, 0.2) is 48.5 Å². The molecule has 0 aliphatic carbocycles. The first-order valence-corrected chi connectivity index (χ1v) is 7.42. The number of hydrogen-bond donors (Lipinski definition) is 1. The van der Waals surface area contributed by atoms with E-state index in [0.717, 1.165) is 17.1 Å². The third-order valence-electron chi connectivity index (χ3n) is 3.79. The molecule has 4 heteroatoms. The number of nitrogens with one attached hydrogen (secondary N) is 1. The number of fused-ring (bicyclic) bond motifs is 1. The fourth-order valence-corrected chi connectivity index (χ4v) is 2.50. The van der Waals surface area contributed by atoms with Crippen LogP contribution in [0.2, 0.25) is 0 Å². The zero-order chi connectivity index (χ0) is 15.4. The van der Waals surface area contributed by atoms with Gasteiger partial charge in [0.2, 0.25) is 12.7 Å². The minimum atomic E-state index is 0.0500. The highest BCUT2D eigenvalue weighted by Gasteiger charge is 2.14. The first kappa shape index (κ1) is 14.4. The first-order chi connectivity index (χ1) is 10.7. The molecule has 0 saturated carbocycles. The molecule has 0 radical (unpaired) electrons. The molecule has 0 aromatic heterocycles. The topological polar surface area (TPSA) is 47.6 Å². The molecular weight excluding hydrogens is 278 g/mol. The average molecular weight is 297 g/mol. The maximum Gasteiger partial charge on any atom is 0.231 e. The van der Waals surface area contributed by atoms with E-state index in [4.69, 9.17) is 9.47 Å². The summed E-state index contributed by atoms with van der Waals surface area (Å²) in [6, 6.07) is 15.8. The Bertz CT molecular complexity index is 655. The smallest absolute Gasteiger partial charge is 0.231 e. The van der Waals surface area contributed by atoms with Crippen LogP contribution in [0.1, 0.15) is 30.4 Å². The quantitative estimate of drug-likeness (QED) is 0.921. The molecule has 0 spiro atoms. The molecule has 1 N–H and O–H groups in total. The third-order valence-corrected chi connectivity index (χ3v) is 3.79. The second-order valence-corrected chi connectivity index (χ2v) is 5.48. The summed E-state index contributed by atoms with van der Waals surface area (Å²) in [5.74, 6) is 1.75. The minimum Gasteiger partial charge on any atom is -0.454 e. The van der Waals surface area contributed by atoms with Gasteiger partial charge in [0.15, 0.2) is 11.5 Å². The molecule has 1 amide bonds. The van der Waals surface area contributed by atoms with Gasteiger partial charge in [-0.05, 0) is 29.2 Å². The van der Waals surface area contributed by atoms with Crippen molar-refractivity contribution >= 4 is 5.91 Å². The number of carbonyl (C=O) groups excluding carboxylic acids is 1. The summed E-state index contributed by atoms with van der Waals surface area (Å²) in [7, 11) is 0. The van der Waals surface area contributed by atoms with Crippen LogP contribution < -0.4 is 14.8 Å². The Kier molecular flexibility index (Phi) is 4.28. The lowest BCUT2D eigenvalue weighted by Crippen LogP contribution is -2.24. The van der Waals surface area contributed by atoms with Gasteiger partial charge >= 0.3 is 0 Å². The standard InChI is InChI=1S/C18H19NO3/c1-13(15-5-3-2-4-6-15)9-18(20)19-11-14-7-8-16-17(10-14)22-12-21-16/h2-8,10,13H,9,11-12H2,1H3,(H,19,20)/t13-/m1/s1. The number of carbonyl (C=O) groups is 1. The molecule has 4 nitrogen and oxygen atoms in total. The highest BCUT2D eigenvalue weighted by Crippen LogP contribution is 2.32. The van der Waals surface area contributed by atoms with Gasteiger partial charge in [-0.1, -0.05) is 43.3 Å². The van der Waals surface area contributed by atoms with E-state index in [-0.39, 0.29) is 18.6 Å². The Morgan fingerprint density at radius 1 is 1.14 bits per heavy atom. The van der Waals surface area contributed by atoms with Crippen molar-refractivity contribution in [1.82, 2.24) is 5.32 Å². The van der Waals surface area contributed by atoms with Crippen molar-refractivity contribution in [3.05, 3.63) is 59.7 Å². The molecule has 2 aromatic carbocycles. The van der Waals surface area contributed by atoms with Gasteiger partial charge in [-0.25, -0.2) is 0 Å². The second-order valence-electron chi connectivity index (χ2n) is 5.48. The van der Waals surface area contributed by atoms with Gasteiger partial charge in [-0.15, -0.1) is 0 Å². The van der Waals surface area contributed by atoms with Crippen LogP contribution >= 0.6 is 0 Å². The van der Waals surface area contributed by atoms with Crippen molar-refractivity contribution < 1.29 is 14.3 Å². The number of hydrogen-bond acceptors (Lipinski definition) is 3. The zero-order valence-electron chi connectivity index (χ0n) is 12.5. The van der Waals surface area contributed by atoms with Gasteiger partial charge in [-0.3, -0.25) is 4.79 Å². The van der Waals surface area contributed by atoms with Crippen LogP contribution in [-0.2, 0) is 11.3 Å². The summed E-state index contributed by atoms with van der Waals surface area (Å²) in [6.07, 6.45) is 0.481. The second kappa shape index (κ2) is 6.52. The summed E-state index contributed by atoms with van der Waals surface area (Å²) < 4.78 is 10.6. The van der Waals surface area contributed by atoms with Crippen LogP contribution in [0.4, 0.5) is 0 Å². The van der Waals surface area contributed by atoms with Gasteiger partial charge in [0.1, 0.15) is 0 Å². The molecule has 2 aromatic rings. The van der Waals surface area contributed by atoms with Crippen LogP contribution in [0.3, 0.4) is 0 Å². The summed E-state index contributed by atoms with van der Waals surface area (Å²) >= 11 is 0. The normalized spacial score (nSPS) is 13.7. The minimum absolute atomic E-state index is 0.0500. The summed E-state index contributed by atoms with van der Waals surface area (Å²) in [6.45, 7) is 2.83. The largest absolute Gasteiger partial charge is 0.454 e. The fraction of sp³-hybridized carbons (Fsp3) is 0.278. The van der Waals surface area contributed by atoms with Gasteiger partial charge in [0, 0.05) is 13.0 Å².